The SMILES string of the molecule is O=C(NCCS(=O)(=O)c1ccc(F)cc1)c1cc(C2CC2)nc2ccccc12. The van der Waals surface area contributed by atoms with Crippen molar-refractivity contribution in [3.63, 3.8) is 0 Å². The number of carbonyl (C=O) groups is 1. The van der Waals surface area contributed by atoms with Gasteiger partial charge in [0.25, 0.3) is 5.91 Å². The molecule has 0 atom stereocenters. The molecular weight excluding hydrogens is 379 g/mol. The molecule has 5 nitrogen and oxygen atoms in total. The van der Waals surface area contributed by atoms with Gasteiger partial charge >= 0.3 is 0 Å². The molecule has 0 unspecified atom stereocenters. The highest BCUT2D eigenvalue weighted by Gasteiger charge is 2.27. The highest BCUT2D eigenvalue weighted by molar-refractivity contribution is 7.91. The maximum absolute atomic E-state index is 13.0. The summed E-state index contributed by atoms with van der Waals surface area (Å²) >= 11 is 0. The Morgan fingerprint density at radius 2 is 1.82 bits per heavy atom. The summed E-state index contributed by atoms with van der Waals surface area (Å²) in [5.74, 6) is -0.684. The zero-order chi connectivity index (χ0) is 19.7. The van der Waals surface area contributed by atoms with Gasteiger partial charge in [0.05, 0.1) is 21.7 Å². The highest BCUT2D eigenvalue weighted by atomic mass is 32.2. The predicted octanol–water partition coefficient (Wildman–Crippen LogP) is 3.46. The van der Waals surface area contributed by atoms with Crippen LogP contribution in [0.15, 0.2) is 59.5 Å². The Balaban J connectivity index is 1.50. The molecule has 28 heavy (non-hydrogen) atoms. The zero-order valence-electron chi connectivity index (χ0n) is 15.1. The van der Waals surface area contributed by atoms with Gasteiger partial charge < -0.3 is 5.32 Å². The van der Waals surface area contributed by atoms with Crippen molar-refractivity contribution >= 4 is 26.6 Å². The van der Waals surface area contributed by atoms with Gasteiger partial charge in [-0.15, -0.1) is 0 Å². The number of sulfone groups is 1. The molecule has 1 saturated carbocycles. The van der Waals surface area contributed by atoms with Crippen molar-refractivity contribution in [1.82, 2.24) is 10.3 Å². The first kappa shape index (κ1) is 18.6. The van der Waals surface area contributed by atoms with Crippen molar-refractivity contribution in [3.05, 3.63) is 71.7 Å². The summed E-state index contributed by atoms with van der Waals surface area (Å²) in [6.07, 6.45) is 2.14. The minimum absolute atomic E-state index is 0.0338. The molecule has 7 heteroatoms. The van der Waals surface area contributed by atoms with Gasteiger partial charge in [0, 0.05) is 23.5 Å². The first-order chi connectivity index (χ1) is 13.4. The molecule has 1 N–H and O–H groups in total. The van der Waals surface area contributed by atoms with Crippen LogP contribution in [0.2, 0.25) is 0 Å². The standard InChI is InChI=1S/C21H19FN2O3S/c22-15-7-9-16(10-8-15)28(26,27)12-11-23-21(25)18-13-20(14-5-6-14)24-19-4-2-1-3-17(18)19/h1-4,7-10,13-14H,5-6,11-12H2,(H,23,25). The second-order valence-corrected chi connectivity index (χ2v) is 9.02. The summed E-state index contributed by atoms with van der Waals surface area (Å²) in [6.45, 7) is -0.0338. The van der Waals surface area contributed by atoms with Crippen molar-refractivity contribution in [2.24, 2.45) is 0 Å². The summed E-state index contributed by atoms with van der Waals surface area (Å²) in [5.41, 5.74) is 2.17. The van der Waals surface area contributed by atoms with Crippen molar-refractivity contribution in [1.29, 1.82) is 0 Å². The molecule has 1 aromatic heterocycles. The van der Waals surface area contributed by atoms with Crippen LogP contribution in [0.4, 0.5) is 4.39 Å². The highest BCUT2D eigenvalue weighted by Crippen LogP contribution is 2.40. The minimum atomic E-state index is -3.60. The summed E-state index contributed by atoms with van der Waals surface area (Å²) in [5, 5.41) is 3.44. The molecule has 2 aromatic carbocycles. The Morgan fingerprint density at radius 1 is 1.11 bits per heavy atom. The molecule has 1 heterocycles. The Hall–Kier alpha value is -2.80. The first-order valence-corrected chi connectivity index (χ1v) is 10.8. The summed E-state index contributed by atoms with van der Waals surface area (Å²) < 4.78 is 37.7. The third-order valence-electron chi connectivity index (χ3n) is 4.81. The molecular formula is C21H19FN2O3S. The fourth-order valence-corrected chi connectivity index (χ4v) is 4.28. The lowest BCUT2D eigenvalue weighted by Crippen LogP contribution is -2.29. The lowest BCUT2D eigenvalue weighted by atomic mass is 10.1. The van der Waals surface area contributed by atoms with Crippen molar-refractivity contribution in [2.75, 3.05) is 12.3 Å². The Labute approximate surface area is 162 Å². The number of nitrogens with one attached hydrogen (secondary N) is 1. The van der Waals surface area contributed by atoms with Crippen molar-refractivity contribution in [3.8, 4) is 0 Å². The molecule has 1 aliphatic carbocycles. The molecule has 1 aliphatic rings. The number of hydrogen-bond donors (Lipinski definition) is 1. The number of para-hydroxylation sites is 1. The smallest absolute Gasteiger partial charge is 0.252 e. The molecule has 0 spiro atoms. The molecule has 1 fully saturated rings. The van der Waals surface area contributed by atoms with E-state index in [2.05, 4.69) is 10.3 Å². The Kier molecular flexibility index (Phi) is 4.85. The van der Waals surface area contributed by atoms with E-state index in [9.17, 15) is 17.6 Å². The predicted molar refractivity (Wildman–Crippen MR) is 105 cm³/mol. The van der Waals surface area contributed by atoms with Gasteiger partial charge in [-0.3, -0.25) is 9.78 Å². The third-order valence-corrected chi connectivity index (χ3v) is 6.54. The van der Waals surface area contributed by atoms with Gasteiger partial charge in [-0.1, -0.05) is 18.2 Å². The van der Waals surface area contributed by atoms with Crippen LogP contribution in [0.1, 0.15) is 34.8 Å². The molecule has 3 aromatic rings. The van der Waals surface area contributed by atoms with Crippen LogP contribution in [0.5, 0.6) is 0 Å². The number of carbonyl (C=O) groups excluding carboxylic acids is 1. The lowest BCUT2D eigenvalue weighted by Gasteiger charge is -2.10. The van der Waals surface area contributed by atoms with Crippen LogP contribution < -0.4 is 5.32 Å². The van der Waals surface area contributed by atoms with E-state index in [1.165, 1.54) is 12.1 Å². The van der Waals surface area contributed by atoms with Crippen molar-refractivity contribution in [2.45, 2.75) is 23.7 Å². The zero-order valence-corrected chi connectivity index (χ0v) is 15.9. The number of hydrogen-bond acceptors (Lipinski definition) is 4. The molecule has 0 radical (unpaired) electrons. The van der Waals surface area contributed by atoms with Crippen LogP contribution in [-0.4, -0.2) is 31.6 Å². The van der Waals surface area contributed by atoms with E-state index in [0.717, 1.165) is 41.6 Å². The van der Waals surface area contributed by atoms with E-state index in [0.29, 0.717) is 11.5 Å². The van der Waals surface area contributed by atoms with E-state index in [1.54, 1.807) is 0 Å². The van der Waals surface area contributed by atoms with Gasteiger partial charge in [-0.25, -0.2) is 12.8 Å². The maximum atomic E-state index is 13.0. The summed E-state index contributed by atoms with van der Waals surface area (Å²) in [7, 11) is -3.60. The van der Waals surface area contributed by atoms with Gasteiger partial charge in [0.15, 0.2) is 9.84 Å². The molecule has 0 saturated heterocycles. The van der Waals surface area contributed by atoms with E-state index >= 15 is 0 Å². The fourth-order valence-electron chi connectivity index (χ4n) is 3.13. The van der Waals surface area contributed by atoms with Crippen LogP contribution in [0.25, 0.3) is 10.9 Å². The second kappa shape index (κ2) is 7.31. The average molecular weight is 398 g/mol. The molecule has 1 amide bonds. The summed E-state index contributed by atoms with van der Waals surface area (Å²) in [6, 6.07) is 13.9. The van der Waals surface area contributed by atoms with Gasteiger partial charge in [0.1, 0.15) is 5.82 Å². The molecule has 0 bridgehead atoms. The lowest BCUT2D eigenvalue weighted by molar-refractivity contribution is 0.0957. The van der Waals surface area contributed by atoms with E-state index in [4.69, 9.17) is 0 Å². The fraction of sp³-hybridized carbons (Fsp3) is 0.238. The number of amides is 1. The maximum Gasteiger partial charge on any atom is 0.252 e. The monoisotopic (exact) mass is 398 g/mol. The van der Waals surface area contributed by atoms with Crippen LogP contribution in [0, 0.1) is 5.82 Å². The Morgan fingerprint density at radius 3 is 2.54 bits per heavy atom. The van der Waals surface area contributed by atoms with Crippen LogP contribution in [0.3, 0.4) is 0 Å². The second-order valence-electron chi connectivity index (χ2n) is 6.91. The van der Waals surface area contributed by atoms with E-state index in [1.807, 2.05) is 30.3 Å². The van der Waals surface area contributed by atoms with Gasteiger partial charge in [-0.2, -0.15) is 0 Å². The molecule has 4 rings (SSSR count). The minimum Gasteiger partial charge on any atom is -0.351 e. The van der Waals surface area contributed by atoms with Crippen LogP contribution in [-0.2, 0) is 9.84 Å². The van der Waals surface area contributed by atoms with E-state index in [-0.39, 0.29) is 23.1 Å². The average Bonchev–Trinajstić information content (AvgIpc) is 3.52. The van der Waals surface area contributed by atoms with Gasteiger partial charge in [-0.05, 0) is 49.2 Å². The van der Waals surface area contributed by atoms with Crippen LogP contribution >= 0.6 is 0 Å². The number of nitrogens with zero attached hydrogens (tertiary/aromatic N) is 1. The summed E-state index contributed by atoms with van der Waals surface area (Å²) in [4.78, 5) is 17.4. The third kappa shape index (κ3) is 3.89. The topological polar surface area (TPSA) is 76.1 Å². The number of halogens is 1. The normalized spacial score (nSPS) is 14.2. The Bertz CT molecular complexity index is 1140. The van der Waals surface area contributed by atoms with Crippen molar-refractivity contribution < 1.29 is 17.6 Å². The molecule has 0 aliphatic heterocycles. The van der Waals surface area contributed by atoms with Gasteiger partial charge in [0.2, 0.25) is 0 Å². The van der Waals surface area contributed by atoms with E-state index < -0.39 is 15.7 Å². The largest absolute Gasteiger partial charge is 0.351 e. The first-order valence-electron chi connectivity index (χ1n) is 9.10. The molecule has 144 valence electrons. The number of pyridine rings is 1. The quantitative estimate of drug-likeness (QED) is 0.645. The number of aromatic nitrogens is 1. The number of benzene rings is 2. The number of fused-ring (bicyclic) bond motifs is 1. The number of rotatable bonds is 6.